The third-order valence-electron chi connectivity index (χ3n) is 2.50. The molecule has 1 aromatic rings. The van der Waals surface area contributed by atoms with Gasteiger partial charge in [-0.2, -0.15) is 0 Å². The van der Waals surface area contributed by atoms with Crippen molar-refractivity contribution < 1.29 is 9.50 Å². The summed E-state index contributed by atoms with van der Waals surface area (Å²) in [5, 5.41) is 12.4. The number of hydrogen-bond donors (Lipinski definition) is 2. The van der Waals surface area contributed by atoms with E-state index in [1.54, 1.807) is 6.07 Å². The summed E-state index contributed by atoms with van der Waals surface area (Å²) < 4.78 is 12.7. The minimum absolute atomic E-state index is 0. The summed E-state index contributed by atoms with van der Waals surface area (Å²) in [6.07, 6.45) is 1.06. The quantitative estimate of drug-likeness (QED) is 0.755. The Morgan fingerprint density at radius 2 is 2.21 bits per heavy atom. The zero-order chi connectivity index (χ0) is 9.26. The predicted molar refractivity (Wildman–Crippen MR) is 55.5 cm³/mol. The molecule has 1 aliphatic heterocycles. The molecule has 0 saturated carbocycles. The highest BCUT2D eigenvalue weighted by Gasteiger charge is 2.17. The number of benzene rings is 1. The molecule has 1 fully saturated rings. The maximum absolute atomic E-state index is 12.7. The first kappa shape index (κ1) is 11.3. The fraction of sp³-hybridized carbons (Fsp3) is 0.400. The molecule has 0 amide bonds. The van der Waals surface area contributed by atoms with E-state index in [4.69, 9.17) is 5.11 Å². The second-order valence-corrected chi connectivity index (χ2v) is 3.40. The maximum Gasteiger partial charge on any atom is 0.164 e. The Bertz CT molecular complexity index is 313. The lowest BCUT2D eigenvalue weighted by molar-refractivity contribution is 0.431. The zero-order valence-electron chi connectivity index (χ0n) is 7.66. The van der Waals surface area contributed by atoms with Gasteiger partial charge in [-0.25, -0.2) is 4.39 Å². The number of halogens is 2. The molecule has 0 radical (unpaired) electrons. The van der Waals surface area contributed by atoms with E-state index in [0.717, 1.165) is 25.1 Å². The van der Waals surface area contributed by atoms with E-state index in [-0.39, 0.29) is 18.2 Å². The Kier molecular flexibility index (Phi) is 3.72. The molecule has 0 bridgehead atoms. The molecule has 1 heterocycles. The number of nitrogens with one attached hydrogen (secondary N) is 1. The van der Waals surface area contributed by atoms with E-state index in [0.29, 0.717) is 5.92 Å². The van der Waals surface area contributed by atoms with Gasteiger partial charge in [0.05, 0.1) is 0 Å². The van der Waals surface area contributed by atoms with Crippen molar-refractivity contribution in [2.45, 2.75) is 12.3 Å². The Hall–Kier alpha value is -0.800. The van der Waals surface area contributed by atoms with Gasteiger partial charge in [-0.1, -0.05) is 6.07 Å². The molecule has 1 saturated heterocycles. The van der Waals surface area contributed by atoms with Crippen LogP contribution in [0.2, 0.25) is 0 Å². The number of rotatable bonds is 1. The van der Waals surface area contributed by atoms with Gasteiger partial charge < -0.3 is 10.4 Å². The molecule has 2 rings (SSSR count). The van der Waals surface area contributed by atoms with Crippen LogP contribution < -0.4 is 5.32 Å². The van der Waals surface area contributed by atoms with Gasteiger partial charge >= 0.3 is 0 Å². The average Bonchev–Trinajstić information content (AvgIpc) is 2.62. The van der Waals surface area contributed by atoms with E-state index in [1.165, 1.54) is 12.1 Å². The minimum atomic E-state index is -0.547. The topological polar surface area (TPSA) is 32.3 Å². The van der Waals surface area contributed by atoms with Crippen LogP contribution in [-0.4, -0.2) is 18.2 Å². The largest absolute Gasteiger partial charge is 0.505 e. The number of hydrogen-bond acceptors (Lipinski definition) is 2. The maximum atomic E-state index is 12.7. The third kappa shape index (κ3) is 2.16. The molecule has 1 unspecified atom stereocenters. The van der Waals surface area contributed by atoms with Crippen molar-refractivity contribution in [2.75, 3.05) is 13.1 Å². The van der Waals surface area contributed by atoms with Crippen molar-refractivity contribution in [3.05, 3.63) is 29.6 Å². The normalized spacial score (nSPS) is 20.5. The van der Waals surface area contributed by atoms with Crippen LogP contribution in [0.4, 0.5) is 4.39 Å². The van der Waals surface area contributed by atoms with E-state index < -0.39 is 5.82 Å². The van der Waals surface area contributed by atoms with Crippen molar-refractivity contribution in [2.24, 2.45) is 0 Å². The lowest BCUT2D eigenvalue weighted by Gasteiger charge is -2.08. The first-order valence-corrected chi connectivity index (χ1v) is 4.46. The molecule has 2 nitrogen and oxygen atoms in total. The summed E-state index contributed by atoms with van der Waals surface area (Å²) in [7, 11) is 0. The molecule has 0 spiro atoms. The Labute approximate surface area is 88.5 Å². The van der Waals surface area contributed by atoms with Crippen LogP contribution in [0, 0.1) is 5.82 Å². The molecule has 1 aromatic carbocycles. The Morgan fingerprint density at radius 3 is 2.79 bits per heavy atom. The molecule has 2 N–H and O–H groups in total. The molecule has 14 heavy (non-hydrogen) atoms. The highest BCUT2D eigenvalue weighted by molar-refractivity contribution is 5.85. The van der Waals surface area contributed by atoms with Crippen molar-refractivity contribution in [3.8, 4) is 5.75 Å². The standard InChI is InChI=1S/C10H12FNO.ClH/c11-9-2-1-7(5-10(9)13)8-3-4-12-6-8;/h1-2,5,8,12-13H,3-4,6H2;1H. The van der Waals surface area contributed by atoms with Gasteiger partial charge in [-0.05, 0) is 36.6 Å². The van der Waals surface area contributed by atoms with Crippen LogP contribution >= 0.6 is 12.4 Å². The molecule has 78 valence electrons. The van der Waals surface area contributed by atoms with Crippen LogP contribution in [0.25, 0.3) is 0 Å². The van der Waals surface area contributed by atoms with Crippen LogP contribution in [0.1, 0.15) is 17.9 Å². The van der Waals surface area contributed by atoms with Gasteiger partial charge in [0.1, 0.15) is 0 Å². The van der Waals surface area contributed by atoms with Crippen LogP contribution in [0.5, 0.6) is 5.75 Å². The smallest absolute Gasteiger partial charge is 0.164 e. The van der Waals surface area contributed by atoms with Gasteiger partial charge in [0.25, 0.3) is 0 Å². The van der Waals surface area contributed by atoms with Gasteiger partial charge in [0.2, 0.25) is 0 Å². The van der Waals surface area contributed by atoms with Gasteiger partial charge in [-0.3, -0.25) is 0 Å². The number of phenolic OH excluding ortho intramolecular Hbond substituents is 1. The molecule has 4 heteroatoms. The van der Waals surface area contributed by atoms with Crippen molar-refractivity contribution in [1.29, 1.82) is 0 Å². The number of phenols is 1. The summed E-state index contributed by atoms with van der Waals surface area (Å²) in [6.45, 7) is 1.92. The minimum Gasteiger partial charge on any atom is -0.505 e. The molecule has 1 atom stereocenters. The van der Waals surface area contributed by atoms with Crippen LogP contribution in [0.15, 0.2) is 18.2 Å². The van der Waals surface area contributed by atoms with Crippen molar-refractivity contribution in [1.82, 2.24) is 5.32 Å². The Morgan fingerprint density at radius 1 is 1.43 bits per heavy atom. The molecular weight excluding hydrogens is 205 g/mol. The lowest BCUT2D eigenvalue weighted by Crippen LogP contribution is -2.07. The van der Waals surface area contributed by atoms with Crippen LogP contribution in [0.3, 0.4) is 0 Å². The van der Waals surface area contributed by atoms with Gasteiger partial charge in [0.15, 0.2) is 11.6 Å². The zero-order valence-corrected chi connectivity index (χ0v) is 8.48. The number of aromatic hydroxyl groups is 1. The molecule has 1 aliphatic rings. The van der Waals surface area contributed by atoms with E-state index >= 15 is 0 Å². The van der Waals surface area contributed by atoms with Crippen molar-refractivity contribution >= 4 is 12.4 Å². The third-order valence-corrected chi connectivity index (χ3v) is 2.50. The summed E-state index contributed by atoms with van der Waals surface area (Å²) in [6, 6.07) is 4.59. The van der Waals surface area contributed by atoms with Gasteiger partial charge in [0, 0.05) is 6.54 Å². The molecule has 0 aromatic heterocycles. The predicted octanol–water partition coefficient (Wildman–Crippen LogP) is 2.03. The van der Waals surface area contributed by atoms with Crippen molar-refractivity contribution in [3.63, 3.8) is 0 Å². The second-order valence-electron chi connectivity index (χ2n) is 3.40. The summed E-state index contributed by atoms with van der Waals surface area (Å²) in [5.41, 5.74) is 1.02. The Balaban J connectivity index is 0.000000980. The highest BCUT2D eigenvalue weighted by atomic mass is 35.5. The fourth-order valence-electron chi connectivity index (χ4n) is 1.72. The first-order chi connectivity index (χ1) is 6.27. The van der Waals surface area contributed by atoms with E-state index in [9.17, 15) is 4.39 Å². The van der Waals surface area contributed by atoms with E-state index in [1.807, 2.05) is 0 Å². The monoisotopic (exact) mass is 217 g/mol. The molecular formula is C10H13ClFNO. The molecule has 0 aliphatic carbocycles. The van der Waals surface area contributed by atoms with E-state index in [2.05, 4.69) is 5.32 Å². The second kappa shape index (κ2) is 4.62. The summed E-state index contributed by atoms with van der Waals surface area (Å²) in [5.74, 6) is -0.370. The lowest BCUT2D eigenvalue weighted by atomic mass is 9.98. The fourth-order valence-corrected chi connectivity index (χ4v) is 1.72. The SMILES string of the molecule is Cl.Oc1cc(C2CCNC2)ccc1F. The average molecular weight is 218 g/mol. The first-order valence-electron chi connectivity index (χ1n) is 4.46. The van der Waals surface area contributed by atoms with Gasteiger partial charge in [-0.15, -0.1) is 12.4 Å². The summed E-state index contributed by atoms with van der Waals surface area (Å²) in [4.78, 5) is 0. The highest BCUT2D eigenvalue weighted by Crippen LogP contribution is 2.26. The summed E-state index contributed by atoms with van der Waals surface area (Å²) >= 11 is 0. The van der Waals surface area contributed by atoms with Crippen LogP contribution in [-0.2, 0) is 0 Å².